The number of thioether (sulfide) groups is 1. The molecule has 1 aliphatic rings. The van der Waals surface area contributed by atoms with E-state index < -0.39 is 0 Å². The third-order valence-corrected chi connectivity index (χ3v) is 5.07. The zero-order chi connectivity index (χ0) is 15.5. The third-order valence-electron chi connectivity index (χ3n) is 3.79. The van der Waals surface area contributed by atoms with Gasteiger partial charge in [0.1, 0.15) is 0 Å². The van der Waals surface area contributed by atoms with E-state index in [0.717, 1.165) is 20.9 Å². The number of ether oxygens (including phenoxy) is 1. The van der Waals surface area contributed by atoms with E-state index in [2.05, 4.69) is 25.1 Å². The maximum atomic E-state index is 12.5. The van der Waals surface area contributed by atoms with Crippen LogP contribution in [0.15, 0.2) is 64.4 Å². The molecule has 0 spiro atoms. The number of fused-ring (bicyclic) bond motifs is 1. The standard InChI is InChI=1S/C19H18O2S/c1-3-21-19(20)17-16-12-8-7-11-15(16)13(2)18(17)22-14-9-5-4-6-10-14/h4-13H,3H2,1-2H3. The van der Waals surface area contributed by atoms with Gasteiger partial charge in [0.2, 0.25) is 0 Å². The Morgan fingerprint density at radius 3 is 2.50 bits per heavy atom. The molecule has 22 heavy (non-hydrogen) atoms. The Morgan fingerprint density at radius 1 is 1.09 bits per heavy atom. The summed E-state index contributed by atoms with van der Waals surface area (Å²) in [6, 6.07) is 18.3. The zero-order valence-electron chi connectivity index (χ0n) is 12.7. The van der Waals surface area contributed by atoms with E-state index in [-0.39, 0.29) is 11.9 Å². The molecule has 112 valence electrons. The fourth-order valence-corrected chi connectivity index (χ4v) is 3.91. The molecule has 0 aromatic heterocycles. The summed E-state index contributed by atoms with van der Waals surface area (Å²) in [6.07, 6.45) is 0. The van der Waals surface area contributed by atoms with E-state index in [0.29, 0.717) is 6.61 Å². The first-order chi connectivity index (χ1) is 10.7. The van der Waals surface area contributed by atoms with Gasteiger partial charge < -0.3 is 4.74 Å². The third kappa shape index (κ3) is 2.69. The summed E-state index contributed by atoms with van der Waals surface area (Å²) < 4.78 is 5.29. The number of rotatable bonds is 4. The van der Waals surface area contributed by atoms with Crippen LogP contribution >= 0.6 is 11.8 Å². The van der Waals surface area contributed by atoms with E-state index in [1.807, 2.05) is 43.3 Å². The van der Waals surface area contributed by atoms with Gasteiger partial charge >= 0.3 is 5.97 Å². The fourth-order valence-electron chi connectivity index (χ4n) is 2.76. The van der Waals surface area contributed by atoms with Gasteiger partial charge in [0.15, 0.2) is 0 Å². The molecule has 0 heterocycles. The summed E-state index contributed by atoms with van der Waals surface area (Å²) in [5, 5.41) is 0. The van der Waals surface area contributed by atoms with E-state index in [1.165, 1.54) is 5.56 Å². The van der Waals surface area contributed by atoms with Crippen LogP contribution in [-0.2, 0) is 9.53 Å². The summed E-state index contributed by atoms with van der Waals surface area (Å²) in [6.45, 7) is 4.38. The van der Waals surface area contributed by atoms with E-state index in [4.69, 9.17) is 4.74 Å². The van der Waals surface area contributed by atoms with Crippen molar-refractivity contribution < 1.29 is 9.53 Å². The van der Waals surface area contributed by atoms with Crippen LogP contribution in [0.25, 0.3) is 5.57 Å². The van der Waals surface area contributed by atoms with Crippen molar-refractivity contribution in [2.45, 2.75) is 24.7 Å². The highest BCUT2D eigenvalue weighted by molar-refractivity contribution is 8.03. The smallest absolute Gasteiger partial charge is 0.339 e. The van der Waals surface area contributed by atoms with E-state index >= 15 is 0 Å². The van der Waals surface area contributed by atoms with Crippen LogP contribution in [0.5, 0.6) is 0 Å². The molecule has 0 radical (unpaired) electrons. The molecule has 1 aliphatic carbocycles. The van der Waals surface area contributed by atoms with Crippen molar-refractivity contribution in [2.24, 2.45) is 0 Å². The van der Waals surface area contributed by atoms with Crippen LogP contribution in [0.3, 0.4) is 0 Å². The van der Waals surface area contributed by atoms with Gasteiger partial charge in [0, 0.05) is 15.7 Å². The molecule has 0 amide bonds. The number of carbonyl (C=O) groups excluding carboxylic acids is 1. The molecule has 2 aromatic rings. The van der Waals surface area contributed by atoms with Crippen LogP contribution in [-0.4, -0.2) is 12.6 Å². The number of hydrogen-bond donors (Lipinski definition) is 0. The molecule has 3 heteroatoms. The lowest BCUT2D eigenvalue weighted by Crippen LogP contribution is -2.06. The number of esters is 1. The molecule has 0 N–H and O–H groups in total. The molecule has 0 aliphatic heterocycles. The van der Waals surface area contributed by atoms with Crippen LogP contribution in [0.4, 0.5) is 0 Å². The van der Waals surface area contributed by atoms with Crippen LogP contribution in [0.2, 0.25) is 0 Å². The molecule has 0 fully saturated rings. The molecule has 2 nitrogen and oxygen atoms in total. The van der Waals surface area contributed by atoms with Crippen molar-refractivity contribution in [1.29, 1.82) is 0 Å². The quantitative estimate of drug-likeness (QED) is 0.754. The molecular formula is C19H18O2S. The Bertz CT molecular complexity index is 719. The van der Waals surface area contributed by atoms with Gasteiger partial charge in [-0.05, 0) is 30.2 Å². The first-order valence-corrected chi connectivity index (χ1v) is 8.27. The maximum Gasteiger partial charge on any atom is 0.339 e. The lowest BCUT2D eigenvalue weighted by molar-refractivity contribution is -0.136. The zero-order valence-corrected chi connectivity index (χ0v) is 13.5. The predicted molar refractivity (Wildman–Crippen MR) is 90.7 cm³/mol. The molecule has 1 atom stereocenters. The number of allylic oxidation sites excluding steroid dienone is 1. The Morgan fingerprint density at radius 2 is 1.77 bits per heavy atom. The van der Waals surface area contributed by atoms with Crippen molar-refractivity contribution in [3.8, 4) is 0 Å². The summed E-state index contributed by atoms with van der Waals surface area (Å²) >= 11 is 1.66. The molecule has 0 bridgehead atoms. The fraction of sp³-hybridized carbons (Fsp3) is 0.211. The predicted octanol–water partition coefficient (Wildman–Crippen LogP) is 4.87. The minimum atomic E-state index is -0.224. The summed E-state index contributed by atoms with van der Waals surface area (Å²) in [5.74, 6) is -0.0152. The van der Waals surface area contributed by atoms with Crippen molar-refractivity contribution in [2.75, 3.05) is 6.61 Å². The lowest BCUT2D eigenvalue weighted by atomic mass is 10.0. The molecule has 1 unspecified atom stereocenters. The molecular weight excluding hydrogens is 292 g/mol. The normalized spacial score (nSPS) is 16.5. The largest absolute Gasteiger partial charge is 0.462 e. The maximum absolute atomic E-state index is 12.5. The van der Waals surface area contributed by atoms with Crippen molar-refractivity contribution >= 4 is 23.3 Å². The lowest BCUT2D eigenvalue weighted by Gasteiger charge is -2.11. The molecule has 0 saturated heterocycles. The van der Waals surface area contributed by atoms with Crippen molar-refractivity contribution in [3.63, 3.8) is 0 Å². The molecule has 2 aromatic carbocycles. The topological polar surface area (TPSA) is 26.3 Å². The second-order valence-corrected chi connectivity index (χ2v) is 6.30. The average Bonchev–Trinajstić information content (AvgIpc) is 2.82. The Balaban J connectivity index is 2.06. The van der Waals surface area contributed by atoms with Crippen molar-refractivity contribution in [3.05, 3.63) is 70.6 Å². The first-order valence-electron chi connectivity index (χ1n) is 7.46. The summed E-state index contributed by atoms with van der Waals surface area (Å²) in [7, 11) is 0. The van der Waals surface area contributed by atoms with Crippen LogP contribution in [0, 0.1) is 0 Å². The van der Waals surface area contributed by atoms with Gasteiger partial charge in [-0.1, -0.05) is 61.2 Å². The minimum Gasteiger partial charge on any atom is -0.462 e. The second-order valence-electron chi connectivity index (χ2n) is 5.18. The second kappa shape index (κ2) is 6.41. The van der Waals surface area contributed by atoms with Crippen molar-refractivity contribution in [1.82, 2.24) is 0 Å². The Labute approximate surface area is 135 Å². The SMILES string of the molecule is CCOC(=O)C1=C(Sc2ccccc2)C(C)c2ccccc21. The van der Waals surface area contributed by atoms with E-state index in [9.17, 15) is 4.79 Å². The number of benzene rings is 2. The highest BCUT2D eigenvalue weighted by Crippen LogP contribution is 2.49. The Hall–Kier alpha value is -2.00. The van der Waals surface area contributed by atoms with E-state index in [1.54, 1.807) is 11.8 Å². The summed E-state index contributed by atoms with van der Waals surface area (Å²) in [4.78, 5) is 14.7. The van der Waals surface area contributed by atoms with Gasteiger partial charge in [-0.15, -0.1) is 0 Å². The first kappa shape index (κ1) is 14.9. The van der Waals surface area contributed by atoms with Gasteiger partial charge in [-0.2, -0.15) is 0 Å². The van der Waals surface area contributed by atoms with Crippen LogP contribution < -0.4 is 0 Å². The highest BCUT2D eigenvalue weighted by atomic mass is 32.2. The molecule has 0 saturated carbocycles. The number of carbonyl (C=O) groups is 1. The summed E-state index contributed by atoms with van der Waals surface area (Å²) in [5.41, 5.74) is 2.93. The number of hydrogen-bond acceptors (Lipinski definition) is 3. The monoisotopic (exact) mass is 310 g/mol. The molecule has 3 rings (SSSR count). The Kier molecular flexibility index (Phi) is 4.34. The van der Waals surface area contributed by atoms with Gasteiger partial charge in [-0.25, -0.2) is 4.79 Å². The average molecular weight is 310 g/mol. The van der Waals surface area contributed by atoms with Gasteiger partial charge in [0.25, 0.3) is 0 Å². The minimum absolute atomic E-state index is 0.209. The van der Waals surface area contributed by atoms with Crippen LogP contribution in [0.1, 0.15) is 30.9 Å². The van der Waals surface area contributed by atoms with Gasteiger partial charge in [-0.3, -0.25) is 0 Å². The highest BCUT2D eigenvalue weighted by Gasteiger charge is 2.33. The van der Waals surface area contributed by atoms with Gasteiger partial charge in [0.05, 0.1) is 12.2 Å².